The largest absolute Gasteiger partial charge is 0.353 e. The topological polar surface area (TPSA) is 49.3 Å². The minimum atomic E-state index is 0.306. The van der Waals surface area contributed by atoms with E-state index in [1.807, 2.05) is 17.9 Å². The highest BCUT2D eigenvalue weighted by molar-refractivity contribution is 5.81. The fourth-order valence-corrected chi connectivity index (χ4v) is 3.29. The lowest BCUT2D eigenvalue weighted by atomic mass is 10.1. The number of nitrogens with zero attached hydrogens (tertiary/aromatic N) is 4. The number of aromatic nitrogens is 2. The minimum Gasteiger partial charge on any atom is -0.353 e. The highest BCUT2D eigenvalue weighted by Gasteiger charge is 2.34. The summed E-state index contributed by atoms with van der Waals surface area (Å²) in [5, 5.41) is 0. The van der Waals surface area contributed by atoms with Gasteiger partial charge in [0.05, 0.1) is 0 Å². The van der Waals surface area contributed by atoms with Gasteiger partial charge in [0.25, 0.3) is 0 Å². The van der Waals surface area contributed by atoms with Crippen molar-refractivity contribution in [2.24, 2.45) is 5.92 Å². The van der Waals surface area contributed by atoms with Crippen molar-refractivity contribution in [3.8, 4) is 11.4 Å². The van der Waals surface area contributed by atoms with E-state index in [-0.39, 0.29) is 0 Å². The van der Waals surface area contributed by atoms with E-state index in [2.05, 4.69) is 41.1 Å². The molecule has 0 N–H and O–H groups in total. The van der Waals surface area contributed by atoms with Gasteiger partial charge in [0.1, 0.15) is 5.82 Å². The second-order valence-electron chi connectivity index (χ2n) is 7.14. The molecule has 130 valence electrons. The van der Waals surface area contributed by atoms with Crippen molar-refractivity contribution in [1.82, 2.24) is 14.9 Å². The minimum absolute atomic E-state index is 0.306. The Morgan fingerprint density at radius 2 is 1.68 bits per heavy atom. The highest BCUT2D eigenvalue weighted by atomic mass is 16.2. The first-order chi connectivity index (χ1) is 12.1. The lowest BCUT2D eigenvalue weighted by molar-refractivity contribution is -0.132. The van der Waals surface area contributed by atoms with Gasteiger partial charge < -0.3 is 9.80 Å². The van der Waals surface area contributed by atoms with Crippen molar-refractivity contribution < 1.29 is 4.79 Å². The molecule has 1 saturated heterocycles. The third-order valence-electron chi connectivity index (χ3n) is 4.99. The quantitative estimate of drug-likeness (QED) is 0.865. The molecule has 0 spiro atoms. The zero-order chi connectivity index (χ0) is 17.4. The van der Waals surface area contributed by atoms with Crippen molar-refractivity contribution in [2.45, 2.75) is 26.7 Å². The fourth-order valence-electron chi connectivity index (χ4n) is 3.29. The summed E-state index contributed by atoms with van der Waals surface area (Å²) in [6, 6.07) is 10.3. The fraction of sp³-hybridized carbons (Fsp3) is 0.450. The predicted octanol–water partition coefficient (Wildman–Crippen LogP) is 2.82. The molecule has 1 aliphatic heterocycles. The van der Waals surface area contributed by atoms with Crippen LogP contribution in [0.25, 0.3) is 11.4 Å². The molecule has 0 unspecified atom stereocenters. The number of carbonyl (C=O) groups is 1. The van der Waals surface area contributed by atoms with E-state index in [0.29, 0.717) is 11.8 Å². The highest BCUT2D eigenvalue weighted by Crippen LogP contribution is 2.31. The molecule has 0 radical (unpaired) electrons. The maximum absolute atomic E-state index is 12.2. The van der Waals surface area contributed by atoms with E-state index in [0.717, 1.165) is 61.9 Å². The first-order valence-corrected chi connectivity index (χ1v) is 9.06. The Morgan fingerprint density at radius 1 is 1.00 bits per heavy atom. The van der Waals surface area contributed by atoms with Crippen molar-refractivity contribution in [3.63, 3.8) is 0 Å². The molecule has 1 aromatic carbocycles. The average molecular weight is 336 g/mol. The molecule has 2 heterocycles. The van der Waals surface area contributed by atoms with Gasteiger partial charge in [0.15, 0.2) is 5.82 Å². The van der Waals surface area contributed by atoms with Crippen LogP contribution in [0.2, 0.25) is 0 Å². The third-order valence-corrected chi connectivity index (χ3v) is 4.99. The van der Waals surface area contributed by atoms with Crippen LogP contribution < -0.4 is 4.90 Å². The van der Waals surface area contributed by atoms with Crippen LogP contribution in [0.3, 0.4) is 0 Å². The van der Waals surface area contributed by atoms with E-state index in [4.69, 9.17) is 4.98 Å². The van der Waals surface area contributed by atoms with E-state index in [1.165, 1.54) is 5.56 Å². The lowest BCUT2D eigenvalue weighted by Gasteiger charge is -2.35. The van der Waals surface area contributed by atoms with Gasteiger partial charge in [0, 0.05) is 49.4 Å². The Balaban J connectivity index is 1.51. The molecule has 25 heavy (non-hydrogen) atoms. The van der Waals surface area contributed by atoms with Crippen LogP contribution in [0.4, 0.5) is 5.82 Å². The summed E-state index contributed by atoms with van der Waals surface area (Å²) < 4.78 is 0. The number of anilines is 1. The summed E-state index contributed by atoms with van der Waals surface area (Å²) in [6.45, 7) is 7.34. The molecule has 0 bridgehead atoms. The lowest BCUT2D eigenvalue weighted by Crippen LogP contribution is -2.49. The SMILES string of the molecule is Cc1ccc(-c2nc(C)cc(N3CCN(C(=O)C4CC4)CC3)n2)cc1. The van der Waals surface area contributed by atoms with Crippen molar-refractivity contribution in [2.75, 3.05) is 31.1 Å². The van der Waals surface area contributed by atoms with E-state index < -0.39 is 0 Å². The molecular weight excluding hydrogens is 312 g/mol. The number of hydrogen-bond acceptors (Lipinski definition) is 4. The standard InChI is InChI=1S/C20H24N4O/c1-14-3-5-16(6-4-14)19-21-15(2)13-18(22-19)23-9-11-24(12-10-23)20(25)17-7-8-17/h3-6,13,17H,7-12H2,1-2H3. The van der Waals surface area contributed by atoms with E-state index in [1.54, 1.807) is 0 Å². The van der Waals surface area contributed by atoms with Gasteiger partial charge in [-0.15, -0.1) is 0 Å². The van der Waals surface area contributed by atoms with Gasteiger partial charge in [-0.25, -0.2) is 9.97 Å². The second kappa shape index (κ2) is 6.47. The number of benzene rings is 1. The van der Waals surface area contributed by atoms with Crippen LogP contribution in [0.15, 0.2) is 30.3 Å². The molecule has 1 aliphatic carbocycles. The number of hydrogen-bond donors (Lipinski definition) is 0. The summed E-state index contributed by atoms with van der Waals surface area (Å²) in [7, 11) is 0. The summed E-state index contributed by atoms with van der Waals surface area (Å²) in [6.07, 6.45) is 2.15. The van der Waals surface area contributed by atoms with Crippen LogP contribution in [0.5, 0.6) is 0 Å². The van der Waals surface area contributed by atoms with E-state index in [9.17, 15) is 4.79 Å². The maximum atomic E-state index is 12.2. The van der Waals surface area contributed by atoms with Gasteiger partial charge >= 0.3 is 0 Å². The number of rotatable bonds is 3. The molecule has 0 atom stereocenters. The predicted molar refractivity (Wildman–Crippen MR) is 98.5 cm³/mol. The van der Waals surface area contributed by atoms with Crippen molar-refractivity contribution in [3.05, 3.63) is 41.6 Å². The Hall–Kier alpha value is -2.43. The van der Waals surface area contributed by atoms with Crippen LogP contribution >= 0.6 is 0 Å². The maximum Gasteiger partial charge on any atom is 0.225 e. The number of piperazine rings is 1. The Labute approximate surface area is 148 Å². The summed E-state index contributed by atoms with van der Waals surface area (Å²) in [5.74, 6) is 2.38. The monoisotopic (exact) mass is 336 g/mol. The Kier molecular flexibility index (Phi) is 4.15. The van der Waals surface area contributed by atoms with Gasteiger partial charge in [-0.3, -0.25) is 4.79 Å². The van der Waals surface area contributed by atoms with Gasteiger partial charge in [-0.2, -0.15) is 0 Å². The van der Waals surface area contributed by atoms with Crippen molar-refractivity contribution in [1.29, 1.82) is 0 Å². The molecular formula is C20H24N4O. The summed E-state index contributed by atoms with van der Waals surface area (Å²) >= 11 is 0. The normalized spacial score (nSPS) is 17.7. The molecule has 1 amide bonds. The summed E-state index contributed by atoms with van der Waals surface area (Å²) in [5.41, 5.74) is 3.24. The number of carbonyl (C=O) groups excluding carboxylic acids is 1. The molecule has 1 aromatic heterocycles. The molecule has 2 aliphatic rings. The van der Waals surface area contributed by atoms with Gasteiger partial charge in [0.2, 0.25) is 5.91 Å². The third kappa shape index (κ3) is 3.50. The first kappa shape index (κ1) is 16.1. The van der Waals surface area contributed by atoms with Crippen LogP contribution in [0.1, 0.15) is 24.1 Å². The molecule has 2 aromatic rings. The number of aryl methyl sites for hydroxylation is 2. The van der Waals surface area contributed by atoms with E-state index >= 15 is 0 Å². The zero-order valence-electron chi connectivity index (χ0n) is 14.9. The van der Waals surface area contributed by atoms with Gasteiger partial charge in [-0.1, -0.05) is 29.8 Å². The second-order valence-corrected chi connectivity index (χ2v) is 7.14. The van der Waals surface area contributed by atoms with Crippen molar-refractivity contribution >= 4 is 11.7 Å². The molecule has 1 saturated carbocycles. The molecule has 5 heteroatoms. The van der Waals surface area contributed by atoms with Gasteiger partial charge in [-0.05, 0) is 26.7 Å². The van der Waals surface area contributed by atoms with Crippen LogP contribution in [-0.2, 0) is 4.79 Å². The van der Waals surface area contributed by atoms with Crippen LogP contribution in [-0.4, -0.2) is 47.0 Å². The average Bonchev–Trinajstić information content (AvgIpc) is 3.46. The summed E-state index contributed by atoms with van der Waals surface area (Å²) in [4.78, 5) is 25.9. The molecule has 5 nitrogen and oxygen atoms in total. The van der Waals surface area contributed by atoms with Crippen LogP contribution in [0, 0.1) is 19.8 Å². The zero-order valence-corrected chi connectivity index (χ0v) is 14.9. The number of amides is 1. The first-order valence-electron chi connectivity index (χ1n) is 9.06. The smallest absolute Gasteiger partial charge is 0.225 e. The molecule has 4 rings (SSSR count). The Morgan fingerprint density at radius 3 is 2.32 bits per heavy atom. The molecule has 2 fully saturated rings. The Bertz CT molecular complexity index is 775.